The van der Waals surface area contributed by atoms with Crippen molar-refractivity contribution in [3.8, 4) is 5.75 Å². The predicted molar refractivity (Wildman–Crippen MR) is 96.5 cm³/mol. The van der Waals surface area contributed by atoms with Crippen LogP contribution in [0.15, 0.2) is 16.6 Å². The molecule has 0 spiro atoms. The summed E-state index contributed by atoms with van der Waals surface area (Å²) in [6.07, 6.45) is 0.997. The second-order valence-electron chi connectivity index (χ2n) is 5.32. The lowest BCUT2D eigenvalue weighted by atomic mass is 10.2. The molecule has 0 saturated carbocycles. The number of aliphatic carboxylic acids is 2. The van der Waals surface area contributed by atoms with E-state index in [-0.39, 0.29) is 0 Å². The van der Waals surface area contributed by atoms with Gasteiger partial charge in [-0.25, -0.2) is 9.59 Å². The summed E-state index contributed by atoms with van der Waals surface area (Å²) in [5, 5.41) is 15.4. The number of carboxylic acids is 2. The first-order valence-corrected chi connectivity index (χ1v) is 8.83. The highest BCUT2D eigenvalue weighted by molar-refractivity contribution is 9.10. The van der Waals surface area contributed by atoms with E-state index in [9.17, 15) is 0 Å². The lowest BCUT2D eigenvalue weighted by molar-refractivity contribution is -0.159. The first-order chi connectivity index (χ1) is 11.8. The first kappa shape index (κ1) is 21.7. The van der Waals surface area contributed by atoms with Crippen LogP contribution in [0.4, 0.5) is 0 Å². The minimum absolute atomic E-state index is 0.665. The molecular weight excluding hydrogens is 418 g/mol. The first-order valence-electron chi connectivity index (χ1n) is 7.66. The fourth-order valence-electron chi connectivity index (χ4n) is 2.11. The zero-order valence-electron chi connectivity index (χ0n) is 13.8. The Kier molecular flexibility index (Phi) is 9.81. The van der Waals surface area contributed by atoms with E-state index in [0.717, 1.165) is 55.1 Å². The van der Waals surface area contributed by atoms with E-state index in [2.05, 4.69) is 20.8 Å². The number of nitrogens with zero attached hydrogens (tertiary/aromatic N) is 1. The minimum Gasteiger partial charge on any atom is -0.491 e. The van der Waals surface area contributed by atoms with Crippen LogP contribution in [0.3, 0.4) is 0 Å². The third kappa shape index (κ3) is 8.53. The lowest BCUT2D eigenvalue weighted by Gasteiger charge is -2.26. The van der Waals surface area contributed by atoms with Crippen LogP contribution in [-0.2, 0) is 14.3 Å². The van der Waals surface area contributed by atoms with Crippen molar-refractivity contribution < 1.29 is 29.3 Å². The number of halogens is 2. The Morgan fingerprint density at radius 2 is 1.88 bits per heavy atom. The van der Waals surface area contributed by atoms with Crippen LogP contribution in [0.5, 0.6) is 5.75 Å². The molecule has 1 aromatic carbocycles. The van der Waals surface area contributed by atoms with Gasteiger partial charge in [-0.1, -0.05) is 11.6 Å². The van der Waals surface area contributed by atoms with Crippen molar-refractivity contribution in [1.29, 1.82) is 0 Å². The number of carboxylic acid groups (broad SMARTS) is 2. The molecule has 2 rings (SSSR count). The van der Waals surface area contributed by atoms with Crippen molar-refractivity contribution in [2.45, 2.75) is 13.3 Å². The highest BCUT2D eigenvalue weighted by Gasteiger charge is 2.11. The average molecular weight is 439 g/mol. The molecule has 1 saturated heterocycles. The summed E-state index contributed by atoms with van der Waals surface area (Å²) in [6.45, 7) is 7.47. The summed E-state index contributed by atoms with van der Waals surface area (Å²) in [7, 11) is 0. The fourth-order valence-corrected chi connectivity index (χ4v) is 3.24. The molecule has 0 atom stereocenters. The van der Waals surface area contributed by atoms with Gasteiger partial charge in [-0.2, -0.15) is 0 Å². The highest BCUT2D eigenvalue weighted by atomic mass is 79.9. The summed E-state index contributed by atoms with van der Waals surface area (Å²) in [6, 6.07) is 3.94. The highest BCUT2D eigenvalue weighted by Crippen LogP contribution is 2.34. The molecule has 1 aliphatic heterocycles. The van der Waals surface area contributed by atoms with Crippen LogP contribution in [-0.4, -0.2) is 66.5 Å². The summed E-state index contributed by atoms with van der Waals surface area (Å²) >= 11 is 9.67. The number of ether oxygens (including phenoxy) is 2. The van der Waals surface area contributed by atoms with Crippen LogP contribution < -0.4 is 4.74 Å². The number of hydrogen-bond acceptors (Lipinski definition) is 5. The van der Waals surface area contributed by atoms with Crippen molar-refractivity contribution in [3.05, 3.63) is 27.2 Å². The largest absolute Gasteiger partial charge is 0.491 e. The number of aryl methyl sites for hydroxylation is 1. The molecule has 0 aliphatic carbocycles. The molecule has 25 heavy (non-hydrogen) atoms. The van der Waals surface area contributed by atoms with Gasteiger partial charge in [0.2, 0.25) is 0 Å². The van der Waals surface area contributed by atoms with E-state index in [1.54, 1.807) is 0 Å². The number of carbonyl (C=O) groups is 2. The van der Waals surface area contributed by atoms with E-state index >= 15 is 0 Å². The van der Waals surface area contributed by atoms with E-state index in [4.69, 9.17) is 40.9 Å². The summed E-state index contributed by atoms with van der Waals surface area (Å²) in [5.41, 5.74) is 1.12. The van der Waals surface area contributed by atoms with Crippen molar-refractivity contribution in [2.24, 2.45) is 0 Å². The predicted octanol–water partition coefficient (Wildman–Crippen LogP) is 2.67. The lowest BCUT2D eigenvalue weighted by Crippen LogP contribution is -2.37. The molecule has 0 aromatic heterocycles. The Morgan fingerprint density at radius 1 is 1.28 bits per heavy atom. The van der Waals surface area contributed by atoms with Gasteiger partial charge in [-0.15, -0.1) is 0 Å². The van der Waals surface area contributed by atoms with Gasteiger partial charge in [-0.3, -0.25) is 4.90 Å². The number of hydrogen-bond donors (Lipinski definition) is 2. The summed E-state index contributed by atoms with van der Waals surface area (Å²) in [4.78, 5) is 20.6. The molecule has 140 valence electrons. The molecule has 9 heteroatoms. The van der Waals surface area contributed by atoms with Gasteiger partial charge in [0.05, 0.1) is 29.3 Å². The topological polar surface area (TPSA) is 96.3 Å². The molecule has 0 amide bonds. The molecule has 0 unspecified atom stereocenters. The maximum Gasteiger partial charge on any atom is 0.414 e. The Hall–Kier alpha value is -1.35. The van der Waals surface area contributed by atoms with Crippen molar-refractivity contribution in [2.75, 3.05) is 39.5 Å². The standard InChI is InChI=1S/C14H19BrClNO2.C2H2O4/c1-11-9-12(15)14(13(16)10-11)19-6-2-3-17-4-7-18-8-5-17;3-1(4)2(5)6/h9-10H,2-8H2,1H3;(H,3,4)(H,5,6). The third-order valence-corrected chi connectivity index (χ3v) is 4.16. The second kappa shape index (κ2) is 11.3. The van der Waals surface area contributed by atoms with Gasteiger partial charge in [0.1, 0.15) is 0 Å². The van der Waals surface area contributed by atoms with Crippen LogP contribution >= 0.6 is 27.5 Å². The number of benzene rings is 1. The van der Waals surface area contributed by atoms with Crippen LogP contribution in [0.2, 0.25) is 5.02 Å². The second-order valence-corrected chi connectivity index (χ2v) is 6.59. The molecular formula is C16H21BrClNO6. The van der Waals surface area contributed by atoms with Crippen LogP contribution in [0.1, 0.15) is 12.0 Å². The van der Waals surface area contributed by atoms with Crippen molar-refractivity contribution in [3.63, 3.8) is 0 Å². The number of rotatable bonds is 5. The monoisotopic (exact) mass is 437 g/mol. The minimum atomic E-state index is -1.82. The SMILES string of the molecule is Cc1cc(Cl)c(OCCCN2CCOCC2)c(Br)c1.O=C(O)C(=O)O. The molecule has 7 nitrogen and oxygen atoms in total. The molecule has 0 bridgehead atoms. The summed E-state index contributed by atoms with van der Waals surface area (Å²) < 4.78 is 12.0. The maximum absolute atomic E-state index is 9.10. The van der Waals surface area contributed by atoms with E-state index in [0.29, 0.717) is 11.6 Å². The van der Waals surface area contributed by atoms with Crippen molar-refractivity contribution in [1.82, 2.24) is 4.90 Å². The smallest absolute Gasteiger partial charge is 0.414 e. The fraction of sp³-hybridized carbons (Fsp3) is 0.500. The third-order valence-electron chi connectivity index (χ3n) is 3.29. The molecule has 1 aromatic rings. The molecule has 2 N–H and O–H groups in total. The van der Waals surface area contributed by atoms with E-state index in [1.165, 1.54) is 0 Å². The Morgan fingerprint density at radius 3 is 2.40 bits per heavy atom. The maximum atomic E-state index is 9.10. The Labute approximate surface area is 159 Å². The van der Waals surface area contributed by atoms with Crippen molar-refractivity contribution >= 4 is 39.5 Å². The molecule has 1 aliphatic rings. The van der Waals surface area contributed by atoms with Crippen LogP contribution in [0, 0.1) is 6.92 Å². The molecule has 0 radical (unpaired) electrons. The van der Waals surface area contributed by atoms with Gasteiger partial charge in [0.25, 0.3) is 0 Å². The number of morpholine rings is 1. The summed E-state index contributed by atoms with van der Waals surface area (Å²) in [5.74, 6) is -2.90. The zero-order chi connectivity index (χ0) is 18.8. The van der Waals surface area contributed by atoms with Gasteiger partial charge >= 0.3 is 11.9 Å². The Balaban J connectivity index is 0.000000450. The van der Waals surface area contributed by atoms with Gasteiger partial charge in [0, 0.05) is 19.6 Å². The van der Waals surface area contributed by atoms with Crippen LogP contribution in [0.25, 0.3) is 0 Å². The molecule has 1 fully saturated rings. The normalized spacial score (nSPS) is 14.4. The Bertz CT molecular complexity index is 557. The molecule has 1 heterocycles. The average Bonchev–Trinajstić information content (AvgIpc) is 2.54. The van der Waals surface area contributed by atoms with Gasteiger partial charge in [0.15, 0.2) is 5.75 Å². The zero-order valence-corrected chi connectivity index (χ0v) is 16.2. The van der Waals surface area contributed by atoms with Gasteiger partial charge < -0.3 is 19.7 Å². The van der Waals surface area contributed by atoms with E-state index in [1.807, 2.05) is 19.1 Å². The van der Waals surface area contributed by atoms with E-state index < -0.39 is 11.9 Å². The van der Waals surface area contributed by atoms with Gasteiger partial charge in [-0.05, 0) is 47.0 Å². The quantitative estimate of drug-likeness (QED) is 0.539.